The number of methoxy groups -OCH3 is 1. The summed E-state index contributed by atoms with van der Waals surface area (Å²) in [6, 6.07) is 4.01. The van der Waals surface area contributed by atoms with Crippen LogP contribution in [-0.2, 0) is 9.53 Å². The third-order valence-electron chi connectivity index (χ3n) is 4.84. The lowest BCUT2D eigenvalue weighted by molar-refractivity contribution is -0.125. The predicted octanol–water partition coefficient (Wildman–Crippen LogP) is 3.32. The third kappa shape index (κ3) is 6.04. The SMILES string of the molecule is CCOCCCN1C(=S)NC(c2ccc(OC(F)F)c(OC)c2)C(C(=O)N(C)C)=C1C. The van der Waals surface area contributed by atoms with Gasteiger partial charge in [0.1, 0.15) is 0 Å². The number of allylic oxidation sites excluding steroid dienone is 1. The molecule has 10 heteroatoms. The highest BCUT2D eigenvalue weighted by Crippen LogP contribution is 2.36. The second kappa shape index (κ2) is 11.2. The first-order valence-corrected chi connectivity index (χ1v) is 10.3. The molecule has 31 heavy (non-hydrogen) atoms. The van der Waals surface area contributed by atoms with Crippen molar-refractivity contribution in [2.75, 3.05) is 41.0 Å². The number of benzene rings is 1. The molecule has 172 valence electrons. The van der Waals surface area contributed by atoms with Crippen molar-refractivity contribution in [1.29, 1.82) is 0 Å². The second-order valence-corrected chi connectivity index (χ2v) is 7.46. The second-order valence-electron chi connectivity index (χ2n) is 7.07. The molecular weight excluding hydrogens is 428 g/mol. The molecular formula is C21H29F2N3O4S. The Morgan fingerprint density at radius 1 is 1.32 bits per heavy atom. The summed E-state index contributed by atoms with van der Waals surface area (Å²) in [6.45, 7) is 2.63. The van der Waals surface area contributed by atoms with Crippen molar-refractivity contribution < 1.29 is 27.8 Å². The van der Waals surface area contributed by atoms with Crippen LogP contribution >= 0.6 is 12.2 Å². The van der Waals surface area contributed by atoms with E-state index in [1.165, 1.54) is 18.1 Å². The van der Waals surface area contributed by atoms with Crippen LogP contribution in [0.15, 0.2) is 29.5 Å². The van der Waals surface area contributed by atoms with Crippen LogP contribution in [0.25, 0.3) is 0 Å². The summed E-state index contributed by atoms with van der Waals surface area (Å²) in [6.07, 6.45) is 0.745. The smallest absolute Gasteiger partial charge is 0.387 e. The number of carbonyl (C=O) groups is 1. The maximum absolute atomic E-state index is 13.1. The van der Waals surface area contributed by atoms with Gasteiger partial charge in [0, 0.05) is 39.6 Å². The Balaban J connectivity index is 2.45. The van der Waals surface area contributed by atoms with Crippen LogP contribution in [0.4, 0.5) is 8.78 Å². The van der Waals surface area contributed by atoms with E-state index in [4.69, 9.17) is 21.7 Å². The van der Waals surface area contributed by atoms with Crippen molar-refractivity contribution >= 4 is 23.2 Å². The fourth-order valence-electron chi connectivity index (χ4n) is 3.34. The van der Waals surface area contributed by atoms with Gasteiger partial charge < -0.3 is 29.3 Å². The average molecular weight is 458 g/mol. The monoisotopic (exact) mass is 457 g/mol. The number of carbonyl (C=O) groups excluding carboxylic acids is 1. The molecule has 1 aliphatic rings. The molecule has 2 rings (SSSR count). The first-order valence-electron chi connectivity index (χ1n) is 9.92. The zero-order chi connectivity index (χ0) is 23.1. The first-order chi connectivity index (χ1) is 14.7. The molecule has 1 atom stereocenters. The number of halogens is 2. The summed E-state index contributed by atoms with van der Waals surface area (Å²) in [5.41, 5.74) is 1.88. The van der Waals surface area contributed by atoms with Crippen molar-refractivity contribution in [3.05, 3.63) is 35.0 Å². The fraction of sp³-hybridized carbons (Fsp3) is 0.524. The Kier molecular flexibility index (Phi) is 9.00. The summed E-state index contributed by atoms with van der Waals surface area (Å²) in [5.74, 6) is -0.128. The lowest BCUT2D eigenvalue weighted by atomic mass is 9.93. The Bertz CT molecular complexity index is 833. The average Bonchev–Trinajstić information content (AvgIpc) is 2.72. The van der Waals surface area contributed by atoms with Gasteiger partial charge in [0.05, 0.1) is 18.7 Å². The molecule has 1 unspecified atom stereocenters. The Labute approximate surface area is 186 Å². The molecule has 1 heterocycles. The molecule has 0 fully saturated rings. The van der Waals surface area contributed by atoms with E-state index in [9.17, 15) is 13.6 Å². The zero-order valence-corrected chi connectivity index (χ0v) is 19.2. The quantitative estimate of drug-likeness (QED) is 0.427. The topological polar surface area (TPSA) is 63.3 Å². The largest absolute Gasteiger partial charge is 0.493 e. The molecule has 1 aromatic carbocycles. The van der Waals surface area contributed by atoms with Crippen LogP contribution in [-0.4, -0.2) is 68.4 Å². The minimum Gasteiger partial charge on any atom is -0.493 e. The summed E-state index contributed by atoms with van der Waals surface area (Å²) >= 11 is 5.57. The van der Waals surface area contributed by atoms with Gasteiger partial charge in [-0.3, -0.25) is 4.79 Å². The first kappa shape index (κ1) is 24.8. The molecule has 0 aliphatic carbocycles. The third-order valence-corrected chi connectivity index (χ3v) is 5.18. The molecule has 7 nitrogen and oxygen atoms in total. The summed E-state index contributed by atoms with van der Waals surface area (Å²) < 4.78 is 40.5. The van der Waals surface area contributed by atoms with Gasteiger partial charge in [-0.25, -0.2) is 0 Å². The molecule has 0 spiro atoms. The number of rotatable bonds is 10. The van der Waals surface area contributed by atoms with Gasteiger partial charge in [0.2, 0.25) is 0 Å². The van der Waals surface area contributed by atoms with E-state index in [0.717, 1.165) is 12.1 Å². The molecule has 1 amide bonds. The van der Waals surface area contributed by atoms with Gasteiger partial charge >= 0.3 is 6.61 Å². The van der Waals surface area contributed by atoms with Crippen molar-refractivity contribution in [2.45, 2.75) is 32.9 Å². The predicted molar refractivity (Wildman–Crippen MR) is 117 cm³/mol. The number of hydrogen-bond donors (Lipinski definition) is 1. The van der Waals surface area contributed by atoms with Crippen LogP contribution in [0, 0.1) is 0 Å². The van der Waals surface area contributed by atoms with E-state index in [2.05, 4.69) is 10.1 Å². The number of thiocarbonyl (C=S) groups is 1. The number of nitrogens with one attached hydrogen (secondary N) is 1. The number of nitrogens with zero attached hydrogens (tertiary/aromatic N) is 2. The van der Waals surface area contributed by atoms with E-state index in [0.29, 0.717) is 36.0 Å². The maximum Gasteiger partial charge on any atom is 0.387 e. The van der Waals surface area contributed by atoms with E-state index in [-0.39, 0.29) is 17.4 Å². The van der Waals surface area contributed by atoms with Crippen molar-refractivity contribution in [3.8, 4) is 11.5 Å². The number of amides is 1. The van der Waals surface area contributed by atoms with E-state index in [1.807, 2.05) is 18.7 Å². The van der Waals surface area contributed by atoms with Gasteiger partial charge in [0.15, 0.2) is 16.6 Å². The van der Waals surface area contributed by atoms with Crippen LogP contribution in [0.2, 0.25) is 0 Å². The zero-order valence-electron chi connectivity index (χ0n) is 18.4. The van der Waals surface area contributed by atoms with Crippen LogP contribution in [0.1, 0.15) is 31.9 Å². The minimum atomic E-state index is -2.97. The van der Waals surface area contributed by atoms with Gasteiger partial charge in [-0.15, -0.1) is 0 Å². The standard InChI is InChI=1S/C21H29F2N3O4S/c1-6-29-11-7-10-26-13(2)17(19(27)25(3)4)18(24-21(26)31)14-8-9-15(30-20(22)23)16(12-14)28-5/h8-9,12,18,20H,6-7,10-11H2,1-5H3,(H,24,31). The highest BCUT2D eigenvalue weighted by molar-refractivity contribution is 7.80. The fourth-order valence-corrected chi connectivity index (χ4v) is 3.69. The number of ether oxygens (including phenoxy) is 3. The molecule has 0 aromatic heterocycles. The normalized spacial score (nSPS) is 16.5. The molecule has 1 N–H and O–H groups in total. The lowest BCUT2D eigenvalue weighted by Gasteiger charge is -2.38. The highest BCUT2D eigenvalue weighted by atomic mass is 32.1. The Morgan fingerprint density at radius 2 is 2.03 bits per heavy atom. The molecule has 1 aromatic rings. The van der Waals surface area contributed by atoms with Crippen molar-refractivity contribution in [1.82, 2.24) is 15.1 Å². The molecule has 0 radical (unpaired) electrons. The van der Waals surface area contributed by atoms with E-state index in [1.54, 1.807) is 26.2 Å². The van der Waals surface area contributed by atoms with Gasteiger partial charge in [-0.1, -0.05) is 6.07 Å². The minimum absolute atomic E-state index is 0.0848. The van der Waals surface area contributed by atoms with Gasteiger partial charge in [-0.2, -0.15) is 8.78 Å². The van der Waals surface area contributed by atoms with E-state index < -0.39 is 12.7 Å². The van der Waals surface area contributed by atoms with Crippen LogP contribution in [0.5, 0.6) is 11.5 Å². The summed E-state index contributed by atoms with van der Waals surface area (Å²) in [4.78, 5) is 16.4. The van der Waals surface area contributed by atoms with Crippen molar-refractivity contribution in [3.63, 3.8) is 0 Å². The molecule has 0 saturated heterocycles. The Morgan fingerprint density at radius 3 is 2.61 bits per heavy atom. The van der Waals surface area contributed by atoms with Crippen LogP contribution in [0.3, 0.4) is 0 Å². The highest BCUT2D eigenvalue weighted by Gasteiger charge is 2.35. The molecule has 1 aliphatic heterocycles. The number of hydrogen-bond acceptors (Lipinski definition) is 5. The molecule has 0 saturated carbocycles. The molecule has 0 bridgehead atoms. The van der Waals surface area contributed by atoms with Crippen LogP contribution < -0.4 is 14.8 Å². The maximum atomic E-state index is 13.1. The number of alkyl halides is 2. The Hall–Kier alpha value is -2.46. The lowest BCUT2D eigenvalue weighted by Crippen LogP contribution is -2.49. The number of likely N-dealkylation sites (N-methyl/N-ethyl adjacent to an activating group) is 1. The van der Waals surface area contributed by atoms with Gasteiger partial charge in [-0.05, 0) is 50.2 Å². The summed E-state index contributed by atoms with van der Waals surface area (Å²) in [7, 11) is 4.71. The van der Waals surface area contributed by atoms with Gasteiger partial charge in [0.25, 0.3) is 5.91 Å². The van der Waals surface area contributed by atoms with Crippen molar-refractivity contribution in [2.24, 2.45) is 0 Å². The van der Waals surface area contributed by atoms with E-state index >= 15 is 0 Å². The summed E-state index contributed by atoms with van der Waals surface area (Å²) in [5, 5.41) is 3.69.